The second-order valence-corrected chi connectivity index (χ2v) is 5.65. The fourth-order valence-corrected chi connectivity index (χ4v) is 2.11. The molecule has 3 N–H and O–H groups in total. The van der Waals surface area contributed by atoms with Gasteiger partial charge in [0.25, 0.3) is 0 Å². The Hall–Kier alpha value is -1.24. The molecule has 0 aromatic heterocycles. The number of carbonyl (C=O) groups excluding carboxylic acids is 3. The summed E-state index contributed by atoms with van der Waals surface area (Å²) < 4.78 is 4.65. The van der Waals surface area contributed by atoms with Gasteiger partial charge in [-0.3, -0.25) is 9.59 Å². The van der Waals surface area contributed by atoms with Gasteiger partial charge in [0.2, 0.25) is 11.8 Å². The summed E-state index contributed by atoms with van der Waals surface area (Å²) in [4.78, 5) is 33.7. The summed E-state index contributed by atoms with van der Waals surface area (Å²) >= 11 is 1.29. The van der Waals surface area contributed by atoms with Crippen LogP contribution in [0.2, 0.25) is 0 Å². The Morgan fingerprint density at radius 2 is 1.95 bits per heavy atom. The maximum atomic E-state index is 11.7. The molecular weight excluding hydrogens is 268 g/mol. The number of esters is 1. The highest BCUT2D eigenvalue weighted by molar-refractivity contribution is 7.99. The Morgan fingerprint density at radius 3 is 2.42 bits per heavy atom. The van der Waals surface area contributed by atoms with E-state index in [0.29, 0.717) is 12.2 Å². The van der Waals surface area contributed by atoms with Gasteiger partial charge in [0.1, 0.15) is 6.04 Å². The van der Waals surface area contributed by atoms with E-state index in [-0.39, 0.29) is 24.0 Å². The Bertz CT molecular complexity index is 321. The molecular formula is C12H22N2O4S. The number of rotatable bonds is 9. The van der Waals surface area contributed by atoms with E-state index in [2.05, 4.69) is 10.1 Å². The summed E-state index contributed by atoms with van der Waals surface area (Å²) in [7, 11) is 1.30. The van der Waals surface area contributed by atoms with Crippen LogP contribution in [0.15, 0.2) is 0 Å². The zero-order valence-corrected chi connectivity index (χ0v) is 12.4. The minimum atomic E-state index is -0.612. The van der Waals surface area contributed by atoms with E-state index in [0.717, 1.165) is 0 Å². The van der Waals surface area contributed by atoms with Crippen LogP contribution in [0, 0.1) is 5.92 Å². The van der Waals surface area contributed by atoms with Crippen LogP contribution in [-0.4, -0.2) is 42.4 Å². The Labute approximate surface area is 117 Å². The second kappa shape index (κ2) is 9.66. The molecule has 0 aliphatic carbocycles. The minimum absolute atomic E-state index is 0.194. The zero-order valence-electron chi connectivity index (χ0n) is 11.6. The molecule has 0 aliphatic heterocycles. The van der Waals surface area contributed by atoms with Crippen LogP contribution in [0.3, 0.4) is 0 Å². The topological polar surface area (TPSA) is 98.5 Å². The smallest absolute Gasteiger partial charge is 0.328 e. The number of primary amides is 1. The molecule has 0 aromatic rings. The van der Waals surface area contributed by atoms with Crippen LogP contribution >= 0.6 is 11.8 Å². The largest absolute Gasteiger partial charge is 0.467 e. The lowest BCUT2D eigenvalue weighted by Gasteiger charge is -2.18. The van der Waals surface area contributed by atoms with Crippen molar-refractivity contribution in [3.63, 3.8) is 0 Å². The molecule has 0 bridgehead atoms. The minimum Gasteiger partial charge on any atom is -0.467 e. The number of nitrogens with two attached hydrogens (primary N) is 1. The monoisotopic (exact) mass is 290 g/mol. The van der Waals surface area contributed by atoms with E-state index in [4.69, 9.17) is 5.73 Å². The average Bonchev–Trinajstić information content (AvgIpc) is 2.32. The van der Waals surface area contributed by atoms with Crippen LogP contribution < -0.4 is 11.1 Å². The summed E-state index contributed by atoms with van der Waals surface area (Å²) in [5, 5.41) is 2.64. The molecule has 0 rings (SSSR count). The van der Waals surface area contributed by atoms with Crippen LogP contribution in [0.1, 0.15) is 26.7 Å². The normalized spacial score (nSPS) is 12.0. The maximum absolute atomic E-state index is 11.7. The van der Waals surface area contributed by atoms with Gasteiger partial charge < -0.3 is 15.8 Å². The lowest BCUT2D eigenvalue weighted by molar-refractivity contribution is -0.145. The third-order valence-electron chi connectivity index (χ3n) is 2.25. The number of methoxy groups -OCH3 is 1. The number of hydrogen-bond acceptors (Lipinski definition) is 5. The third-order valence-corrected chi connectivity index (χ3v) is 3.23. The number of carbonyl (C=O) groups is 3. The molecule has 0 spiro atoms. The molecule has 19 heavy (non-hydrogen) atoms. The summed E-state index contributed by atoms with van der Waals surface area (Å²) in [5.74, 6) is -0.115. The summed E-state index contributed by atoms with van der Waals surface area (Å²) in [6.07, 6.45) is 0.774. The first-order chi connectivity index (χ1) is 8.86. The van der Waals surface area contributed by atoms with Crippen LogP contribution in [0.4, 0.5) is 0 Å². The molecule has 0 radical (unpaired) electrons. The molecule has 1 atom stereocenters. The number of hydrogen-bond donors (Lipinski definition) is 2. The van der Waals surface area contributed by atoms with E-state index >= 15 is 0 Å². The van der Waals surface area contributed by atoms with Crippen molar-refractivity contribution in [1.29, 1.82) is 0 Å². The first-order valence-corrected chi connectivity index (χ1v) is 7.25. The van der Waals surface area contributed by atoms with Crippen molar-refractivity contribution in [3.8, 4) is 0 Å². The quantitative estimate of drug-likeness (QED) is 0.470. The van der Waals surface area contributed by atoms with Crippen molar-refractivity contribution in [3.05, 3.63) is 0 Å². The number of ether oxygens (including phenoxy) is 1. The van der Waals surface area contributed by atoms with Gasteiger partial charge in [-0.05, 0) is 12.3 Å². The van der Waals surface area contributed by atoms with Crippen LogP contribution in [0.25, 0.3) is 0 Å². The highest BCUT2D eigenvalue weighted by Gasteiger charge is 2.22. The van der Waals surface area contributed by atoms with Gasteiger partial charge in [0, 0.05) is 12.2 Å². The van der Waals surface area contributed by atoms with E-state index in [9.17, 15) is 14.4 Å². The fourth-order valence-electron chi connectivity index (χ4n) is 1.43. The Kier molecular flexibility index (Phi) is 9.03. The molecule has 7 heteroatoms. The van der Waals surface area contributed by atoms with Crippen molar-refractivity contribution in [1.82, 2.24) is 5.32 Å². The van der Waals surface area contributed by atoms with Crippen molar-refractivity contribution in [2.75, 3.05) is 18.6 Å². The molecule has 0 saturated carbocycles. The lowest BCUT2D eigenvalue weighted by atomic mass is 10.0. The fraction of sp³-hybridized carbons (Fsp3) is 0.750. The second-order valence-electron chi connectivity index (χ2n) is 4.54. The first-order valence-electron chi connectivity index (χ1n) is 6.10. The van der Waals surface area contributed by atoms with Crippen molar-refractivity contribution < 1.29 is 19.1 Å². The molecule has 0 aromatic carbocycles. The maximum Gasteiger partial charge on any atom is 0.328 e. The van der Waals surface area contributed by atoms with Gasteiger partial charge in [-0.2, -0.15) is 11.8 Å². The van der Waals surface area contributed by atoms with Gasteiger partial charge in [-0.25, -0.2) is 4.79 Å². The van der Waals surface area contributed by atoms with Gasteiger partial charge in [0.15, 0.2) is 0 Å². The van der Waals surface area contributed by atoms with Crippen LogP contribution in [-0.2, 0) is 19.1 Å². The molecule has 2 amide bonds. The van der Waals surface area contributed by atoms with Gasteiger partial charge in [-0.15, -0.1) is 0 Å². The van der Waals surface area contributed by atoms with Crippen molar-refractivity contribution in [2.24, 2.45) is 11.7 Å². The molecule has 110 valence electrons. The molecule has 0 heterocycles. The average molecular weight is 290 g/mol. The molecule has 6 nitrogen and oxygen atoms in total. The van der Waals surface area contributed by atoms with Crippen LogP contribution in [0.5, 0.6) is 0 Å². The zero-order chi connectivity index (χ0) is 14.8. The highest BCUT2D eigenvalue weighted by Crippen LogP contribution is 2.07. The summed E-state index contributed by atoms with van der Waals surface area (Å²) in [5.41, 5.74) is 4.98. The van der Waals surface area contributed by atoms with Gasteiger partial charge >= 0.3 is 5.97 Å². The van der Waals surface area contributed by atoms with E-state index in [1.165, 1.54) is 18.9 Å². The van der Waals surface area contributed by atoms with Crippen molar-refractivity contribution >= 4 is 29.5 Å². The first kappa shape index (κ1) is 17.8. The third kappa shape index (κ3) is 9.35. The SMILES string of the molecule is COC(=O)C(CC(C)C)NC(=O)CCSCC(N)=O. The van der Waals surface area contributed by atoms with Gasteiger partial charge in [0.05, 0.1) is 12.9 Å². The lowest BCUT2D eigenvalue weighted by Crippen LogP contribution is -2.42. The van der Waals surface area contributed by atoms with Crippen molar-refractivity contribution in [2.45, 2.75) is 32.7 Å². The predicted molar refractivity (Wildman–Crippen MR) is 74.5 cm³/mol. The standard InChI is InChI=1S/C12H22N2O4S/c1-8(2)6-9(12(17)18-3)14-11(16)4-5-19-7-10(13)15/h8-9H,4-7H2,1-3H3,(H2,13,15)(H,14,16). The molecule has 1 unspecified atom stereocenters. The van der Waals surface area contributed by atoms with Gasteiger partial charge in [-0.1, -0.05) is 13.8 Å². The number of thioether (sulfide) groups is 1. The summed E-state index contributed by atoms with van der Waals surface area (Å²) in [6, 6.07) is -0.612. The van der Waals surface area contributed by atoms with E-state index in [1.54, 1.807) is 0 Å². The Balaban J connectivity index is 4.09. The summed E-state index contributed by atoms with van der Waals surface area (Å²) in [6.45, 7) is 3.93. The van der Waals surface area contributed by atoms with E-state index < -0.39 is 17.9 Å². The molecule has 0 aliphatic rings. The Morgan fingerprint density at radius 1 is 1.32 bits per heavy atom. The predicted octanol–water partition coefficient (Wildman–Crippen LogP) is 0.299. The highest BCUT2D eigenvalue weighted by atomic mass is 32.2. The number of nitrogens with one attached hydrogen (secondary N) is 1. The molecule has 0 saturated heterocycles. The molecule has 0 fully saturated rings. The number of amides is 2. The van der Waals surface area contributed by atoms with E-state index in [1.807, 2.05) is 13.8 Å².